The van der Waals surface area contributed by atoms with E-state index in [-0.39, 0.29) is 48.0 Å². The average Bonchev–Trinajstić information content (AvgIpc) is 2.27. The van der Waals surface area contributed by atoms with Gasteiger partial charge in [-0.15, -0.1) is 0 Å². The topological polar surface area (TPSA) is 20.5 Å². The highest BCUT2D eigenvalue weighted by molar-refractivity contribution is 4.96. The molecule has 1 aromatic heterocycles. The van der Waals surface area contributed by atoms with E-state index in [1.165, 1.54) is 25.1 Å². The summed E-state index contributed by atoms with van der Waals surface area (Å²) < 4.78 is 2.21. The third-order valence-electron chi connectivity index (χ3n) is 3.11. The molecule has 0 amide bonds. The maximum atomic E-state index is 2.48. The SMILES string of the molecule is CCC(CC)[NH2+]CCc1cccc[n+]1C.[I-].[I-]. The van der Waals surface area contributed by atoms with Gasteiger partial charge in [0.05, 0.1) is 19.0 Å². The lowest BCUT2D eigenvalue weighted by Crippen LogP contribution is -3.00. The summed E-state index contributed by atoms with van der Waals surface area (Å²) in [6.45, 7) is 5.74. The molecule has 2 N–H and O–H groups in total. The van der Waals surface area contributed by atoms with Crippen molar-refractivity contribution in [2.24, 2.45) is 7.05 Å². The molecule has 2 nitrogen and oxygen atoms in total. The van der Waals surface area contributed by atoms with Crippen LogP contribution in [0.2, 0.25) is 0 Å². The molecule has 0 saturated heterocycles. The number of hydrogen-bond acceptors (Lipinski definition) is 0. The molecule has 0 radical (unpaired) electrons. The van der Waals surface area contributed by atoms with Crippen LogP contribution in [0, 0.1) is 0 Å². The van der Waals surface area contributed by atoms with Gasteiger partial charge in [0.25, 0.3) is 0 Å². The summed E-state index contributed by atoms with van der Waals surface area (Å²) in [5, 5.41) is 2.48. The van der Waals surface area contributed by atoms with Crippen LogP contribution in [-0.4, -0.2) is 12.6 Å². The molecule has 1 aromatic rings. The van der Waals surface area contributed by atoms with Gasteiger partial charge in [-0.05, 0) is 12.8 Å². The van der Waals surface area contributed by atoms with Crippen LogP contribution in [0.25, 0.3) is 0 Å². The summed E-state index contributed by atoms with van der Waals surface area (Å²) in [7, 11) is 2.12. The molecule has 0 aliphatic carbocycles. The second-order valence-electron chi connectivity index (χ2n) is 4.15. The van der Waals surface area contributed by atoms with Crippen molar-refractivity contribution in [1.29, 1.82) is 0 Å². The fraction of sp³-hybridized carbons (Fsp3) is 0.615. The Balaban J connectivity index is 0. The van der Waals surface area contributed by atoms with Crippen LogP contribution in [0.3, 0.4) is 0 Å². The molecule has 0 aromatic carbocycles. The van der Waals surface area contributed by atoms with Crippen LogP contribution in [0.1, 0.15) is 32.4 Å². The number of aryl methyl sites for hydroxylation is 1. The van der Waals surface area contributed by atoms with Gasteiger partial charge in [0, 0.05) is 12.1 Å². The first kappa shape index (κ1) is 19.9. The van der Waals surface area contributed by atoms with Crippen molar-refractivity contribution in [3.8, 4) is 0 Å². The van der Waals surface area contributed by atoms with Crippen molar-refractivity contribution >= 4 is 0 Å². The predicted molar refractivity (Wildman–Crippen MR) is 62.5 cm³/mol. The van der Waals surface area contributed by atoms with Crippen LogP contribution in [0.15, 0.2) is 24.4 Å². The first-order chi connectivity index (χ1) is 7.27. The molecule has 1 rings (SSSR count). The Morgan fingerprint density at radius 2 is 1.82 bits per heavy atom. The maximum absolute atomic E-state index is 2.48. The van der Waals surface area contributed by atoms with Gasteiger partial charge in [-0.1, -0.05) is 19.9 Å². The molecule has 0 saturated carbocycles. The number of nitrogens with two attached hydrogens (primary N) is 1. The van der Waals surface area contributed by atoms with Gasteiger partial charge >= 0.3 is 0 Å². The van der Waals surface area contributed by atoms with Gasteiger partial charge in [0.15, 0.2) is 11.9 Å². The van der Waals surface area contributed by atoms with Gasteiger partial charge in [0.1, 0.15) is 7.05 Å². The summed E-state index contributed by atoms with van der Waals surface area (Å²) in [6, 6.07) is 7.21. The third kappa shape index (κ3) is 7.56. The van der Waals surface area contributed by atoms with E-state index in [0.717, 1.165) is 12.5 Å². The Bertz CT molecular complexity index is 289. The zero-order valence-corrected chi connectivity index (χ0v) is 15.3. The number of nitrogens with zero attached hydrogens (tertiary/aromatic N) is 1. The van der Waals surface area contributed by atoms with Gasteiger partial charge in [-0.3, -0.25) is 0 Å². The third-order valence-corrected chi connectivity index (χ3v) is 3.11. The average molecular weight is 462 g/mol. The molecular formula is C13H24I2N2. The molecule has 100 valence electrons. The van der Waals surface area contributed by atoms with Crippen molar-refractivity contribution < 1.29 is 57.8 Å². The second-order valence-corrected chi connectivity index (χ2v) is 4.15. The Labute approximate surface area is 140 Å². The molecule has 0 unspecified atom stereocenters. The van der Waals surface area contributed by atoms with Crippen molar-refractivity contribution in [2.75, 3.05) is 6.54 Å². The maximum Gasteiger partial charge on any atom is 0.186 e. The molecule has 17 heavy (non-hydrogen) atoms. The van der Waals surface area contributed by atoms with E-state index in [4.69, 9.17) is 0 Å². The van der Waals surface area contributed by atoms with E-state index >= 15 is 0 Å². The first-order valence-electron chi connectivity index (χ1n) is 6.04. The monoisotopic (exact) mass is 462 g/mol. The van der Waals surface area contributed by atoms with Crippen molar-refractivity contribution in [3.63, 3.8) is 0 Å². The van der Waals surface area contributed by atoms with E-state index in [2.05, 4.69) is 55.2 Å². The second kappa shape index (κ2) is 11.6. The summed E-state index contributed by atoms with van der Waals surface area (Å²) in [4.78, 5) is 0. The Hall–Kier alpha value is 0.570. The van der Waals surface area contributed by atoms with Gasteiger partial charge in [0.2, 0.25) is 0 Å². The minimum absolute atomic E-state index is 0. The Morgan fingerprint density at radius 3 is 2.35 bits per heavy atom. The number of hydrogen-bond donors (Lipinski definition) is 1. The number of quaternary nitrogens is 1. The number of aromatic nitrogens is 1. The zero-order valence-electron chi connectivity index (χ0n) is 11.0. The largest absolute Gasteiger partial charge is 1.00 e. The quantitative estimate of drug-likeness (QED) is 0.323. The van der Waals surface area contributed by atoms with Crippen molar-refractivity contribution in [2.45, 2.75) is 39.2 Å². The summed E-state index contributed by atoms with van der Waals surface area (Å²) in [5.41, 5.74) is 1.42. The van der Waals surface area contributed by atoms with Gasteiger partial charge < -0.3 is 53.3 Å². The Morgan fingerprint density at radius 1 is 1.18 bits per heavy atom. The summed E-state index contributed by atoms with van der Waals surface area (Å²) in [5.74, 6) is 0. The van der Waals surface area contributed by atoms with E-state index in [1.54, 1.807) is 0 Å². The molecule has 0 aliphatic rings. The lowest BCUT2D eigenvalue weighted by molar-refractivity contribution is -0.702. The normalized spacial score (nSPS) is 9.65. The minimum Gasteiger partial charge on any atom is -1.00 e. The van der Waals surface area contributed by atoms with Crippen LogP contribution < -0.4 is 57.8 Å². The smallest absolute Gasteiger partial charge is 0.186 e. The number of pyridine rings is 1. The van der Waals surface area contributed by atoms with Crippen LogP contribution in [-0.2, 0) is 13.5 Å². The molecule has 4 heteroatoms. The fourth-order valence-electron chi connectivity index (χ4n) is 1.91. The molecule has 0 aliphatic heterocycles. The van der Waals surface area contributed by atoms with E-state index in [1.807, 2.05) is 0 Å². The zero-order chi connectivity index (χ0) is 11.1. The van der Waals surface area contributed by atoms with E-state index in [0.29, 0.717) is 0 Å². The van der Waals surface area contributed by atoms with Gasteiger partial charge in [-0.2, -0.15) is 0 Å². The highest BCUT2D eigenvalue weighted by Crippen LogP contribution is 1.91. The van der Waals surface area contributed by atoms with Crippen LogP contribution in [0.5, 0.6) is 0 Å². The predicted octanol–water partition coefficient (Wildman–Crippen LogP) is -5.19. The molecule has 0 spiro atoms. The standard InChI is InChI=1S/C13H23N2.2HI/c1-4-12(5-2)14-10-9-13-8-6-7-11-15(13)3;;/h6-8,11-12,14H,4-5,9-10H2,1-3H3;2*1H/q+1;;/p-1. The van der Waals surface area contributed by atoms with Crippen molar-refractivity contribution in [3.05, 3.63) is 30.1 Å². The van der Waals surface area contributed by atoms with E-state index < -0.39 is 0 Å². The van der Waals surface area contributed by atoms with Crippen molar-refractivity contribution in [1.82, 2.24) is 0 Å². The fourth-order valence-corrected chi connectivity index (χ4v) is 1.91. The number of halogens is 2. The van der Waals surface area contributed by atoms with Crippen LogP contribution in [0.4, 0.5) is 0 Å². The molecule has 0 atom stereocenters. The summed E-state index contributed by atoms with van der Waals surface area (Å²) in [6.07, 6.45) is 5.83. The molecule has 1 heterocycles. The first-order valence-corrected chi connectivity index (χ1v) is 6.04. The Kier molecular flexibility index (Phi) is 13.6. The van der Waals surface area contributed by atoms with Gasteiger partial charge in [-0.25, -0.2) is 4.57 Å². The summed E-state index contributed by atoms with van der Waals surface area (Å²) >= 11 is 0. The minimum atomic E-state index is 0. The molecule has 0 fully saturated rings. The lowest BCUT2D eigenvalue weighted by Gasteiger charge is -2.10. The molecule has 0 bridgehead atoms. The molecular weight excluding hydrogens is 438 g/mol. The van der Waals surface area contributed by atoms with Crippen LogP contribution >= 0.6 is 0 Å². The van der Waals surface area contributed by atoms with E-state index in [9.17, 15) is 0 Å². The highest BCUT2D eigenvalue weighted by Gasteiger charge is 2.09. The highest BCUT2D eigenvalue weighted by atomic mass is 127. The number of rotatable bonds is 6. The lowest BCUT2D eigenvalue weighted by atomic mass is 10.1.